The summed E-state index contributed by atoms with van der Waals surface area (Å²) >= 11 is 0. The van der Waals surface area contributed by atoms with E-state index in [1.54, 1.807) is 7.11 Å². The maximum absolute atomic E-state index is 5.63. The van der Waals surface area contributed by atoms with Crippen LogP contribution in [-0.2, 0) is 23.3 Å². The van der Waals surface area contributed by atoms with Crippen LogP contribution in [0, 0.1) is 0 Å². The first-order valence-electron chi connectivity index (χ1n) is 6.95. The van der Waals surface area contributed by atoms with Crippen molar-refractivity contribution in [1.29, 1.82) is 0 Å². The Morgan fingerprint density at radius 1 is 1.25 bits per heavy atom. The highest BCUT2D eigenvalue weighted by molar-refractivity contribution is 5.29. The smallest absolute Gasteiger partial charge is 0.159 e. The van der Waals surface area contributed by atoms with Crippen molar-refractivity contribution in [2.24, 2.45) is 0 Å². The van der Waals surface area contributed by atoms with Crippen LogP contribution in [0.15, 0.2) is 24.3 Å². The van der Waals surface area contributed by atoms with E-state index in [1.165, 1.54) is 18.4 Å². The Hall–Kier alpha value is -1.88. The van der Waals surface area contributed by atoms with Gasteiger partial charge in [0, 0.05) is 6.42 Å². The number of aromatic nitrogens is 3. The molecule has 1 spiro atoms. The Kier molecular flexibility index (Phi) is 2.57. The van der Waals surface area contributed by atoms with Crippen LogP contribution >= 0.6 is 0 Å². The van der Waals surface area contributed by atoms with Crippen LogP contribution in [0.4, 0.5) is 0 Å². The molecule has 1 fully saturated rings. The molecule has 0 atom stereocenters. The van der Waals surface area contributed by atoms with E-state index >= 15 is 0 Å². The van der Waals surface area contributed by atoms with Crippen molar-refractivity contribution in [2.75, 3.05) is 13.7 Å². The first-order chi connectivity index (χ1) is 9.81. The molecule has 1 aromatic carbocycles. The van der Waals surface area contributed by atoms with Crippen molar-refractivity contribution in [2.45, 2.75) is 31.4 Å². The van der Waals surface area contributed by atoms with Crippen LogP contribution in [0.1, 0.15) is 30.1 Å². The highest BCUT2D eigenvalue weighted by Gasteiger charge is 2.49. The molecule has 0 unspecified atom stereocenters. The molecule has 1 saturated carbocycles. The molecule has 2 heterocycles. The molecule has 1 aliphatic carbocycles. The number of hydrogen-bond acceptors (Lipinski definition) is 4. The van der Waals surface area contributed by atoms with Gasteiger partial charge in [-0.3, -0.25) is 0 Å². The fourth-order valence-electron chi connectivity index (χ4n) is 2.94. The first kappa shape index (κ1) is 11.9. The normalized spacial score (nSPS) is 18.9. The zero-order valence-corrected chi connectivity index (χ0v) is 11.5. The molecule has 0 N–H and O–H groups in total. The molecule has 5 heteroatoms. The lowest BCUT2D eigenvalue weighted by molar-refractivity contribution is 0.0435. The van der Waals surface area contributed by atoms with Crippen molar-refractivity contribution >= 4 is 0 Å². The van der Waals surface area contributed by atoms with Crippen LogP contribution < -0.4 is 4.74 Å². The average molecular weight is 271 g/mol. The van der Waals surface area contributed by atoms with E-state index < -0.39 is 0 Å². The van der Waals surface area contributed by atoms with Crippen LogP contribution in [0.2, 0.25) is 0 Å². The summed E-state index contributed by atoms with van der Waals surface area (Å²) in [6.07, 6.45) is 3.15. The van der Waals surface area contributed by atoms with Crippen molar-refractivity contribution in [1.82, 2.24) is 14.8 Å². The predicted molar refractivity (Wildman–Crippen MR) is 72.7 cm³/mol. The van der Waals surface area contributed by atoms with Crippen molar-refractivity contribution in [3.8, 4) is 5.75 Å². The predicted octanol–water partition coefficient (Wildman–Crippen LogP) is 1.90. The number of ether oxygens (including phenoxy) is 2. The van der Waals surface area contributed by atoms with Gasteiger partial charge in [-0.05, 0) is 30.5 Å². The zero-order valence-electron chi connectivity index (χ0n) is 11.5. The number of nitrogens with zero attached hydrogens (tertiary/aromatic N) is 3. The summed E-state index contributed by atoms with van der Waals surface area (Å²) in [7, 11) is 1.68. The summed E-state index contributed by atoms with van der Waals surface area (Å²) in [5.74, 6) is 2.90. The van der Waals surface area contributed by atoms with Crippen LogP contribution in [0.25, 0.3) is 0 Å². The van der Waals surface area contributed by atoms with Gasteiger partial charge in [0.1, 0.15) is 18.2 Å². The molecular formula is C15H17N3O2. The molecule has 5 nitrogen and oxygen atoms in total. The molecule has 0 bridgehead atoms. The largest absolute Gasteiger partial charge is 0.497 e. The number of benzene rings is 1. The number of hydrogen-bond donors (Lipinski definition) is 0. The lowest BCUT2D eigenvalue weighted by Crippen LogP contribution is -2.32. The topological polar surface area (TPSA) is 49.2 Å². The molecule has 0 radical (unpaired) electrons. The molecule has 2 aliphatic rings. The van der Waals surface area contributed by atoms with Gasteiger partial charge in [-0.25, -0.2) is 0 Å². The Morgan fingerprint density at radius 3 is 2.75 bits per heavy atom. The van der Waals surface area contributed by atoms with Crippen molar-refractivity contribution in [3.63, 3.8) is 0 Å². The molecule has 1 aromatic heterocycles. The Labute approximate surface area is 117 Å². The van der Waals surface area contributed by atoms with Gasteiger partial charge in [0.2, 0.25) is 0 Å². The van der Waals surface area contributed by atoms with Gasteiger partial charge in [-0.15, -0.1) is 10.2 Å². The second-order valence-corrected chi connectivity index (χ2v) is 5.61. The highest BCUT2D eigenvalue weighted by atomic mass is 16.5. The Bertz CT molecular complexity index is 629. The molecule has 0 saturated heterocycles. The minimum Gasteiger partial charge on any atom is -0.497 e. The third kappa shape index (κ3) is 1.81. The van der Waals surface area contributed by atoms with Gasteiger partial charge in [-0.2, -0.15) is 0 Å². The fraction of sp³-hybridized carbons (Fsp3) is 0.467. The first-order valence-corrected chi connectivity index (χ1v) is 6.95. The molecule has 20 heavy (non-hydrogen) atoms. The third-order valence-corrected chi connectivity index (χ3v) is 4.22. The van der Waals surface area contributed by atoms with E-state index in [-0.39, 0.29) is 5.54 Å². The summed E-state index contributed by atoms with van der Waals surface area (Å²) in [6.45, 7) is 1.38. The Balaban J connectivity index is 1.64. The number of fused-ring (bicyclic) bond motifs is 2. The van der Waals surface area contributed by atoms with Crippen LogP contribution in [-0.4, -0.2) is 28.5 Å². The quantitative estimate of drug-likeness (QED) is 0.855. The highest BCUT2D eigenvalue weighted by Crippen LogP contribution is 2.47. The minimum atomic E-state index is 0.152. The molecule has 2 aromatic rings. The fourth-order valence-corrected chi connectivity index (χ4v) is 2.94. The van der Waals surface area contributed by atoms with Gasteiger partial charge in [0.25, 0.3) is 0 Å². The van der Waals surface area contributed by atoms with Crippen molar-refractivity contribution < 1.29 is 9.47 Å². The summed E-state index contributed by atoms with van der Waals surface area (Å²) in [5.41, 5.74) is 1.38. The molecule has 104 valence electrons. The average Bonchev–Trinajstić information content (AvgIpc) is 3.12. The maximum Gasteiger partial charge on any atom is 0.159 e. The number of rotatable bonds is 3. The maximum atomic E-state index is 5.63. The second-order valence-electron chi connectivity index (χ2n) is 5.61. The van der Waals surface area contributed by atoms with Gasteiger partial charge in [0.15, 0.2) is 5.82 Å². The molecular weight excluding hydrogens is 254 g/mol. The third-order valence-electron chi connectivity index (χ3n) is 4.22. The summed E-state index contributed by atoms with van der Waals surface area (Å²) in [6, 6.07) is 8.14. The van der Waals surface area contributed by atoms with Gasteiger partial charge in [-0.1, -0.05) is 12.1 Å². The molecule has 1 aliphatic heterocycles. The van der Waals surface area contributed by atoms with Gasteiger partial charge >= 0.3 is 0 Å². The lowest BCUT2D eigenvalue weighted by atomic mass is 10.1. The monoisotopic (exact) mass is 271 g/mol. The molecule has 4 rings (SSSR count). The lowest BCUT2D eigenvalue weighted by Gasteiger charge is -2.26. The van der Waals surface area contributed by atoms with E-state index in [4.69, 9.17) is 9.47 Å². The summed E-state index contributed by atoms with van der Waals surface area (Å²) in [4.78, 5) is 0. The SMILES string of the molecule is COc1ccc(Cc2nnc3n2C2(CC2)COC3)cc1. The zero-order chi connectivity index (χ0) is 13.6. The van der Waals surface area contributed by atoms with E-state index in [0.717, 1.165) is 30.4 Å². The number of methoxy groups -OCH3 is 1. The summed E-state index contributed by atoms with van der Waals surface area (Å²) in [5, 5.41) is 8.66. The van der Waals surface area contributed by atoms with E-state index in [1.807, 2.05) is 12.1 Å². The van der Waals surface area contributed by atoms with E-state index in [0.29, 0.717) is 6.61 Å². The summed E-state index contributed by atoms with van der Waals surface area (Å²) < 4.78 is 13.1. The van der Waals surface area contributed by atoms with Gasteiger partial charge < -0.3 is 14.0 Å². The Morgan fingerprint density at radius 2 is 2.05 bits per heavy atom. The van der Waals surface area contributed by atoms with E-state index in [2.05, 4.69) is 26.9 Å². The van der Waals surface area contributed by atoms with E-state index in [9.17, 15) is 0 Å². The van der Waals surface area contributed by atoms with Crippen LogP contribution in [0.3, 0.4) is 0 Å². The van der Waals surface area contributed by atoms with Crippen LogP contribution in [0.5, 0.6) is 5.75 Å². The second kappa shape index (κ2) is 4.31. The van der Waals surface area contributed by atoms with Crippen molar-refractivity contribution in [3.05, 3.63) is 41.5 Å². The minimum absolute atomic E-state index is 0.152. The molecule has 0 amide bonds. The standard InChI is InChI=1S/C15H17N3O2/c1-19-12-4-2-11(3-5-12)8-13-16-17-14-9-20-10-15(6-7-15)18(13)14/h2-5H,6-10H2,1H3. The van der Waals surface area contributed by atoms with Gasteiger partial charge in [0.05, 0.1) is 19.3 Å².